The molecule has 1 fully saturated rings. The van der Waals surface area contributed by atoms with E-state index in [0.717, 1.165) is 11.5 Å². The lowest BCUT2D eigenvalue weighted by Crippen LogP contribution is -2.29. The van der Waals surface area contributed by atoms with E-state index >= 15 is 0 Å². The molecule has 120 valence electrons. The van der Waals surface area contributed by atoms with E-state index in [1.807, 2.05) is 19.2 Å². The second-order valence-electron chi connectivity index (χ2n) is 5.66. The molecule has 0 aromatic carbocycles. The van der Waals surface area contributed by atoms with Crippen molar-refractivity contribution in [1.82, 2.24) is 10.0 Å². The van der Waals surface area contributed by atoms with Crippen molar-refractivity contribution >= 4 is 21.4 Å². The van der Waals surface area contributed by atoms with Crippen LogP contribution in [0.2, 0.25) is 0 Å². The summed E-state index contributed by atoms with van der Waals surface area (Å²) in [6.45, 7) is 6.16. The summed E-state index contributed by atoms with van der Waals surface area (Å²) in [6.07, 6.45) is 2.49. The molecular formula is C14H24N2O3S2. The van der Waals surface area contributed by atoms with Crippen molar-refractivity contribution in [2.75, 3.05) is 19.8 Å². The van der Waals surface area contributed by atoms with Gasteiger partial charge in [0.2, 0.25) is 10.0 Å². The van der Waals surface area contributed by atoms with Gasteiger partial charge in [-0.3, -0.25) is 0 Å². The standard InChI is InChI=1S/C14H24N2O3S2/c1-11(2)15-9-13-14(5-8-20-13)21(17,18)16-6-7-19-10-12-3-4-12/h5,8,11-12,15-16H,3-4,6-7,9-10H2,1-2H3. The highest BCUT2D eigenvalue weighted by molar-refractivity contribution is 7.89. The fraction of sp³-hybridized carbons (Fsp3) is 0.714. The normalized spacial score (nSPS) is 15.8. The quantitative estimate of drug-likeness (QED) is 0.643. The maximum absolute atomic E-state index is 12.3. The van der Waals surface area contributed by atoms with Crippen molar-refractivity contribution in [3.63, 3.8) is 0 Å². The lowest BCUT2D eigenvalue weighted by molar-refractivity contribution is 0.129. The van der Waals surface area contributed by atoms with Crippen molar-refractivity contribution in [1.29, 1.82) is 0 Å². The number of hydrogen-bond acceptors (Lipinski definition) is 5. The minimum Gasteiger partial charge on any atom is -0.380 e. The Morgan fingerprint density at radius 1 is 1.43 bits per heavy atom. The van der Waals surface area contributed by atoms with E-state index in [0.29, 0.717) is 36.6 Å². The smallest absolute Gasteiger partial charge is 0.241 e. The molecule has 0 atom stereocenters. The number of hydrogen-bond donors (Lipinski definition) is 2. The fourth-order valence-electron chi connectivity index (χ4n) is 1.85. The van der Waals surface area contributed by atoms with E-state index in [4.69, 9.17) is 4.74 Å². The molecule has 0 radical (unpaired) electrons. The predicted octanol–water partition coefficient (Wildman–Crippen LogP) is 1.95. The first-order chi connectivity index (χ1) is 9.99. The molecule has 21 heavy (non-hydrogen) atoms. The van der Waals surface area contributed by atoms with Crippen LogP contribution in [-0.2, 0) is 21.3 Å². The van der Waals surface area contributed by atoms with Crippen molar-refractivity contribution in [3.8, 4) is 0 Å². The lowest BCUT2D eigenvalue weighted by atomic mass is 10.4. The first kappa shape index (κ1) is 16.9. The van der Waals surface area contributed by atoms with Crippen LogP contribution in [0.25, 0.3) is 0 Å². The van der Waals surface area contributed by atoms with Crippen LogP contribution < -0.4 is 10.0 Å². The molecule has 2 N–H and O–H groups in total. The van der Waals surface area contributed by atoms with E-state index < -0.39 is 10.0 Å². The molecule has 1 aromatic rings. The van der Waals surface area contributed by atoms with Crippen LogP contribution in [0.3, 0.4) is 0 Å². The van der Waals surface area contributed by atoms with E-state index in [9.17, 15) is 8.42 Å². The van der Waals surface area contributed by atoms with Gasteiger partial charge in [-0.2, -0.15) is 0 Å². The summed E-state index contributed by atoms with van der Waals surface area (Å²) in [5, 5.41) is 5.06. The minimum absolute atomic E-state index is 0.321. The van der Waals surface area contributed by atoms with Gasteiger partial charge in [0.15, 0.2) is 0 Å². The monoisotopic (exact) mass is 332 g/mol. The lowest BCUT2D eigenvalue weighted by Gasteiger charge is -2.10. The molecule has 5 nitrogen and oxygen atoms in total. The van der Waals surface area contributed by atoms with Gasteiger partial charge in [-0.25, -0.2) is 13.1 Å². The fourth-order valence-corrected chi connectivity index (χ4v) is 4.26. The highest BCUT2D eigenvalue weighted by Gasteiger charge is 2.22. The second-order valence-corrected chi connectivity index (χ2v) is 8.40. The molecule has 0 unspecified atom stereocenters. The van der Waals surface area contributed by atoms with E-state index in [1.165, 1.54) is 24.2 Å². The highest BCUT2D eigenvalue weighted by Crippen LogP contribution is 2.28. The Morgan fingerprint density at radius 2 is 2.19 bits per heavy atom. The van der Waals surface area contributed by atoms with Crippen molar-refractivity contribution < 1.29 is 13.2 Å². The molecule has 0 spiro atoms. The maximum atomic E-state index is 12.3. The molecule has 1 heterocycles. The zero-order valence-electron chi connectivity index (χ0n) is 12.6. The first-order valence-electron chi connectivity index (χ1n) is 7.36. The van der Waals surface area contributed by atoms with Gasteiger partial charge in [0.25, 0.3) is 0 Å². The summed E-state index contributed by atoms with van der Waals surface area (Å²) in [4.78, 5) is 1.22. The molecule has 1 aliphatic carbocycles. The van der Waals surface area contributed by atoms with E-state index in [2.05, 4.69) is 10.0 Å². The van der Waals surface area contributed by atoms with E-state index in [1.54, 1.807) is 6.07 Å². The topological polar surface area (TPSA) is 67.4 Å². The van der Waals surface area contributed by atoms with Crippen LogP contribution in [0, 0.1) is 5.92 Å². The largest absolute Gasteiger partial charge is 0.380 e. The number of nitrogens with one attached hydrogen (secondary N) is 2. The number of thiophene rings is 1. The maximum Gasteiger partial charge on any atom is 0.241 e. The Kier molecular flexibility index (Phi) is 6.19. The Labute approximate surface area is 131 Å². The molecule has 0 amide bonds. The highest BCUT2D eigenvalue weighted by atomic mass is 32.2. The summed E-state index contributed by atoms with van der Waals surface area (Å²) in [5.74, 6) is 0.701. The van der Waals surface area contributed by atoms with Crippen LogP contribution in [0.1, 0.15) is 31.6 Å². The Balaban J connectivity index is 1.81. The number of sulfonamides is 1. The van der Waals surface area contributed by atoms with Crippen LogP contribution in [0.15, 0.2) is 16.3 Å². The van der Waals surface area contributed by atoms with Crippen LogP contribution in [-0.4, -0.2) is 34.2 Å². The first-order valence-corrected chi connectivity index (χ1v) is 9.72. The van der Waals surface area contributed by atoms with Gasteiger partial charge < -0.3 is 10.1 Å². The average Bonchev–Trinajstić information content (AvgIpc) is 3.11. The van der Waals surface area contributed by atoms with Crippen LogP contribution in [0.4, 0.5) is 0 Å². The van der Waals surface area contributed by atoms with Gasteiger partial charge in [-0.05, 0) is 30.2 Å². The SMILES string of the molecule is CC(C)NCc1sccc1S(=O)(=O)NCCOCC1CC1. The average molecular weight is 332 g/mol. The molecule has 7 heteroatoms. The van der Waals surface area contributed by atoms with Crippen molar-refractivity contribution in [2.24, 2.45) is 5.92 Å². The summed E-state index contributed by atoms with van der Waals surface area (Å²) >= 11 is 1.46. The zero-order valence-corrected chi connectivity index (χ0v) is 14.2. The van der Waals surface area contributed by atoms with Gasteiger partial charge in [-0.1, -0.05) is 13.8 Å². The van der Waals surface area contributed by atoms with E-state index in [-0.39, 0.29) is 0 Å². The molecule has 0 bridgehead atoms. The Morgan fingerprint density at radius 3 is 2.86 bits per heavy atom. The second kappa shape index (κ2) is 7.69. The summed E-state index contributed by atoms with van der Waals surface area (Å²) in [5.41, 5.74) is 0. The molecule has 0 aliphatic heterocycles. The summed E-state index contributed by atoms with van der Waals surface area (Å²) < 4.78 is 32.6. The summed E-state index contributed by atoms with van der Waals surface area (Å²) in [7, 11) is -3.44. The van der Waals surface area contributed by atoms with Crippen molar-refractivity contribution in [3.05, 3.63) is 16.3 Å². The van der Waals surface area contributed by atoms with Gasteiger partial charge in [0, 0.05) is 30.6 Å². The Hall–Kier alpha value is -0.470. The van der Waals surface area contributed by atoms with Gasteiger partial charge in [-0.15, -0.1) is 11.3 Å². The van der Waals surface area contributed by atoms with Gasteiger partial charge in [0.1, 0.15) is 0 Å². The molecule has 0 saturated heterocycles. The molecule has 2 rings (SSSR count). The molecule has 1 aliphatic rings. The minimum atomic E-state index is -3.44. The van der Waals surface area contributed by atoms with Crippen molar-refractivity contribution in [2.45, 2.75) is 44.2 Å². The van der Waals surface area contributed by atoms with Crippen LogP contribution in [0.5, 0.6) is 0 Å². The third kappa shape index (κ3) is 5.67. The summed E-state index contributed by atoms with van der Waals surface area (Å²) in [6, 6.07) is 1.99. The third-order valence-corrected chi connectivity index (χ3v) is 5.85. The Bertz CT molecular complexity index is 536. The van der Waals surface area contributed by atoms with Gasteiger partial charge >= 0.3 is 0 Å². The molecular weight excluding hydrogens is 308 g/mol. The number of ether oxygens (including phenoxy) is 1. The number of rotatable bonds is 10. The van der Waals surface area contributed by atoms with Gasteiger partial charge in [0.05, 0.1) is 11.5 Å². The predicted molar refractivity (Wildman–Crippen MR) is 85.0 cm³/mol. The molecule has 1 saturated carbocycles. The molecule has 1 aromatic heterocycles. The third-order valence-electron chi connectivity index (χ3n) is 3.25. The van der Waals surface area contributed by atoms with Crippen LogP contribution >= 0.6 is 11.3 Å². The zero-order chi connectivity index (χ0) is 15.3.